The van der Waals surface area contributed by atoms with Gasteiger partial charge in [0.2, 0.25) is 0 Å². The summed E-state index contributed by atoms with van der Waals surface area (Å²) in [5.74, 6) is 0. The molecule has 0 saturated carbocycles. The summed E-state index contributed by atoms with van der Waals surface area (Å²) in [7, 11) is 0. The average Bonchev–Trinajstić information content (AvgIpc) is 2.40. The van der Waals surface area contributed by atoms with E-state index in [1.54, 1.807) is 4.90 Å². The quantitative estimate of drug-likeness (QED) is 0.650. The largest absolute Gasteiger partial charge is 0.445 e. The Kier molecular flexibility index (Phi) is 4.82. The molecule has 0 aromatic heterocycles. The van der Waals surface area contributed by atoms with Crippen molar-refractivity contribution < 1.29 is 9.53 Å². The Bertz CT molecular complexity index is 399. The van der Waals surface area contributed by atoms with Crippen molar-refractivity contribution in [2.75, 3.05) is 13.1 Å². The van der Waals surface area contributed by atoms with Gasteiger partial charge in [-0.15, -0.1) is 0 Å². The SMILES string of the molecule is N[C@H]1CN(C(=O)OCc2ccccc2)CC[C@@H]1I. The molecule has 1 saturated heterocycles. The molecule has 1 aromatic carbocycles. The molecule has 0 radical (unpaired) electrons. The summed E-state index contributed by atoms with van der Waals surface area (Å²) >= 11 is 2.34. The minimum atomic E-state index is -0.266. The third-order valence-corrected chi connectivity index (χ3v) is 4.58. The van der Waals surface area contributed by atoms with Gasteiger partial charge in [-0.1, -0.05) is 52.9 Å². The van der Waals surface area contributed by atoms with Crippen LogP contribution in [0.15, 0.2) is 30.3 Å². The van der Waals surface area contributed by atoms with Crippen LogP contribution in [0, 0.1) is 0 Å². The molecule has 98 valence electrons. The van der Waals surface area contributed by atoms with Gasteiger partial charge in [-0.3, -0.25) is 0 Å². The van der Waals surface area contributed by atoms with Crippen molar-refractivity contribution >= 4 is 28.7 Å². The van der Waals surface area contributed by atoms with Crippen molar-refractivity contribution in [1.82, 2.24) is 4.90 Å². The van der Waals surface area contributed by atoms with E-state index in [2.05, 4.69) is 22.6 Å². The predicted octanol–water partition coefficient (Wildman–Crippen LogP) is 2.16. The number of nitrogens with two attached hydrogens (primary N) is 1. The van der Waals surface area contributed by atoms with E-state index in [-0.39, 0.29) is 12.1 Å². The predicted molar refractivity (Wildman–Crippen MR) is 78.6 cm³/mol. The Morgan fingerprint density at radius 1 is 1.44 bits per heavy atom. The topological polar surface area (TPSA) is 55.6 Å². The first kappa shape index (κ1) is 13.6. The van der Waals surface area contributed by atoms with Crippen LogP contribution in [0.4, 0.5) is 4.79 Å². The Hall–Kier alpha value is -0.820. The van der Waals surface area contributed by atoms with Crippen molar-refractivity contribution in [3.63, 3.8) is 0 Å². The molecule has 0 aliphatic carbocycles. The van der Waals surface area contributed by atoms with E-state index in [9.17, 15) is 4.79 Å². The van der Waals surface area contributed by atoms with E-state index >= 15 is 0 Å². The van der Waals surface area contributed by atoms with Gasteiger partial charge in [0.25, 0.3) is 0 Å². The molecule has 0 unspecified atom stereocenters. The van der Waals surface area contributed by atoms with Crippen LogP contribution in [0.25, 0.3) is 0 Å². The standard InChI is InChI=1S/C13H17IN2O2/c14-11-6-7-16(8-12(11)15)13(17)18-9-10-4-2-1-3-5-10/h1-5,11-12H,6-9,15H2/t11-,12-/m0/s1. The van der Waals surface area contributed by atoms with E-state index in [1.165, 1.54) is 0 Å². The summed E-state index contributed by atoms with van der Waals surface area (Å²) in [5, 5.41) is 0. The van der Waals surface area contributed by atoms with Crippen LogP contribution < -0.4 is 5.73 Å². The second kappa shape index (κ2) is 6.38. The van der Waals surface area contributed by atoms with Crippen molar-refractivity contribution in [3.8, 4) is 0 Å². The molecule has 1 aromatic rings. The monoisotopic (exact) mass is 360 g/mol. The van der Waals surface area contributed by atoms with Crippen LogP contribution in [0.1, 0.15) is 12.0 Å². The van der Waals surface area contributed by atoms with Crippen molar-refractivity contribution in [1.29, 1.82) is 0 Å². The lowest BCUT2D eigenvalue weighted by Gasteiger charge is -2.33. The van der Waals surface area contributed by atoms with E-state index in [1.807, 2.05) is 30.3 Å². The van der Waals surface area contributed by atoms with Gasteiger partial charge in [0.1, 0.15) is 6.61 Å². The normalized spacial score (nSPS) is 23.8. The van der Waals surface area contributed by atoms with Gasteiger partial charge >= 0.3 is 6.09 Å². The molecule has 4 nitrogen and oxygen atoms in total. The Balaban J connectivity index is 1.82. The number of hydrogen-bond acceptors (Lipinski definition) is 3. The van der Waals surface area contributed by atoms with Gasteiger partial charge in [-0.05, 0) is 12.0 Å². The lowest BCUT2D eigenvalue weighted by Crippen LogP contribution is -2.51. The molecule has 1 aliphatic heterocycles. The Morgan fingerprint density at radius 3 is 2.83 bits per heavy atom. The molecular formula is C13H17IN2O2. The smallest absolute Gasteiger partial charge is 0.410 e. The molecule has 1 aliphatic rings. The third-order valence-electron chi connectivity index (χ3n) is 3.03. The van der Waals surface area contributed by atoms with Crippen LogP contribution in [0.3, 0.4) is 0 Å². The van der Waals surface area contributed by atoms with Crippen LogP contribution in [0.2, 0.25) is 0 Å². The van der Waals surface area contributed by atoms with E-state index in [0.717, 1.165) is 18.5 Å². The van der Waals surface area contributed by atoms with Crippen LogP contribution in [-0.4, -0.2) is 34.0 Å². The maximum Gasteiger partial charge on any atom is 0.410 e. The van der Waals surface area contributed by atoms with Gasteiger partial charge in [-0.2, -0.15) is 0 Å². The fourth-order valence-electron chi connectivity index (χ4n) is 1.93. The third kappa shape index (κ3) is 3.58. The van der Waals surface area contributed by atoms with E-state index < -0.39 is 0 Å². The maximum absolute atomic E-state index is 11.9. The number of halogens is 1. The molecule has 18 heavy (non-hydrogen) atoms. The van der Waals surface area contributed by atoms with Crippen molar-refractivity contribution in [2.24, 2.45) is 5.73 Å². The maximum atomic E-state index is 11.9. The lowest BCUT2D eigenvalue weighted by molar-refractivity contribution is 0.0876. The fourth-order valence-corrected chi connectivity index (χ4v) is 2.44. The van der Waals surface area contributed by atoms with Crippen LogP contribution in [0.5, 0.6) is 0 Å². The Labute approximate surface area is 121 Å². The molecule has 0 spiro atoms. The average molecular weight is 360 g/mol. The number of benzene rings is 1. The zero-order valence-corrected chi connectivity index (χ0v) is 12.2. The molecule has 2 N–H and O–H groups in total. The highest BCUT2D eigenvalue weighted by atomic mass is 127. The van der Waals surface area contributed by atoms with Gasteiger partial charge in [0.15, 0.2) is 0 Å². The molecule has 2 rings (SSSR count). The number of alkyl halides is 1. The molecular weight excluding hydrogens is 343 g/mol. The summed E-state index contributed by atoms with van der Waals surface area (Å²) in [6.45, 7) is 1.63. The summed E-state index contributed by atoms with van der Waals surface area (Å²) in [6.07, 6.45) is 0.667. The number of ether oxygens (including phenoxy) is 1. The number of likely N-dealkylation sites (tertiary alicyclic amines) is 1. The second-order valence-corrected chi connectivity index (χ2v) is 6.05. The lowest BCUT2D eigenvalue weighted by atomic mass is 10.1. The zero-order chi connectivity index (χ0) is 13.0. The highest BCUT2D eigenvalue weighted by Crippen LogP contribution is 2.18. The fraction of sp³-hybridized carbons (Fsp3) is 0.462. The number of hydrogen-bond donors (Lipinski definition) is 1. The van der Waals surface area contributed by atoms with Gasteiger partial charge in [0, 0.05) is 23.1 Å². The summed E-state index contributed by atoms with van der Waals surface area (Å²) < 4.78 is 5.73. The zero-order valence-electron chi connectivity index (χ0n) is 10.1. The number of carbonyl (C=O) groups excluding carboxylic acids is 1. The minimum Gasteiger partial charge on any atom is -0.445 e. The van der Waals surface area contributed by atoms with Crippen LogP contribution in [-0.2, 0) is 11.3 Å². The van der Waals surface area contributed by atoms with Crippen LogP contribution >= 0.6 is 22.6 Å². The van der Waals surface area contributed by atoms with E-state index in [4.69, 9.17) is 10.5 Å². The number of amides is 1. The van der Waals surface area contributed by atoms with E-state index in [0.29, 0.717) is 17.1 Å². The molecule has 5 heteroatoms. The first-order valence-electron chi connectivity index (χ1n) is 6.02. The molecule has 1 amide bonds. The highest BCUT2D eigenvalue weighted by Gasteiger charge is 2.28. The minimum absolute atomic E-state index is 0.0450. The summed E-state index contributed by atoms with van der Waals surface area (Å²) in [6, 6.07) is 9.73. The molecule has 0 bridgehead atoms. The summed E-state index contributed by atoms with van der Waals surface area (Å²) in [5.41, 5.74) is 6.96. The van der Waals surface area contributed by atoms with Crippen molar-refractivity contribution in [2.45, 2.75) is 23.0 Å². The number of rotatable bonds is 2. The van der Waals surface area contributed by atoms with Gasteiger partial charge in [-0.25, -0.2) is 4.79 Å². The Morgan fingerprint density at radius 2 is 2.17 bits per heavy atom. The highest BCUT2D eigenvalue weighted by molar-refractivity contribution is 14.1. The number of piperidine rings is 1. The van der Waals surface area contributed by atoms with Gasteiger partial charge in [0.05, 0.1) is 0 Å². The molecule has 1 heterocycles. The molecule has 1 fully saturated rings. The number of nitrogens with zero attached hydrogens (tertiary/aromatic N) is 1. The molecule has 2 atom stereocenters. The first-order valence-corrected chi connectivity index (χ1v) is 7.26. The van der Waals surface area contributed by atoms with Gasteiger partial charge < -0.3 is 15.4 Å². The first-order chi connectivity index (χ1) is 8.66. The van der Waals surface area contributed by atoms with Crippen molar-refractivity contribution in [3.05, 3.63) is 35.9 Å². The number of carbonyl (C=O) groups is 1. The second-order valence-electron chi connectivity index (χ2n) is 4.45. The summed E-state index contributed by atoms with van der Waals surface area (Å²) in [4.78, 5) is 13.6.